The number of ether oxygens (including phenoxy) is 2. The number of carbonyl (C=O) groups excluding carboxylic acids is 2. The van der Waals surface area contributed by atoms with Gasteiger partial charge in [0.2, 0.25) is 0 Å². The first-order valence-corrected chi connectivity index (χ1v) is 22.9. The minimum absolute atomic E-state index is 0. The van der Waals surface area contributed by atoms with Crippen molar-refractivity contribution < 1.29 is 125 Å². The SMILES string of the molecule is O=C1O[C@@H](COP(=O)(O)O)CN1c1ccc(-c2ccc3c(c2)CN(c2cn[nH]n2)C3)c(F)c1.O=C1O[C@@H](COP(=O)([O-])[O-])CN1c1ccc(-c2ccc3c(c2)CN(c2cn[nH]n2)C3)c(F)c1.[Na+].[Na+]. The molecular weight excluding hydrogens is 958 g/mol. The predicted octanol–water partition coefficient (Wildman–Crippen LogP) is -2.12. The number of benzene rings is 4. The van der Waals surface area contributed by atoms with E-state index in [4.69, 9.17) is 19.3 Å². The van der Waals surface area contributed by atoms with E-state index in [0.29, 0.717) is 48.4 Å². The molecule has 6 heterocycles. The van der Waals surface area contributed by atoms with Crippen molar-refractivity contribution in [3.8, 4) is 22.3 Å². The summed E-state index contributed by atoms with van der Waals surface area (Å²) < 4.78 is 70.1. The van der Waals surface area contributed by atoms with Crippen LogP contribution in [0.4, 0.5) is 41.4 Å². The number of cyclic esters (lactones) is 2. The number of H-pyrrole nitrogens is 2. The van der Waals surface area contributed by atoms with E-state index < -0.39 is 64.9 Å². The van der Waals surface area contributed by atoms with Crippen LogP contribution in [0.2, 0.25) is 0 Å². The molecule has 4 N–H and O–H groups in total. The molecule has 0 radical (unpaired) electrons. The van der Waals surface area contributed by atoms with Crippen LogP contribution < -0.4 is 88.5 Å². The van der Waals surface area contributed by atoms with Crippen LogP contribution in [0.25, 0.3) is 22.3 Å². The van der Waals surface area contributed by atoms with Crippen molar-refractivity contribution in [3.63, 3.8) is 0 Å². The van der Waals surface area contributed by atoms with Crippen molar-refractivity contribution in [2.75, 3.05) is 45.9 Å². The summed E-state index contributed by atoms with van der Waals surface area (Å²) in [5.74, 6) is 0.430. The first kappa shape index (κ1) is 51.2. The molecule has 4 aliphatic heterocycles. The first-order valence-electron chi connectivity index (χ1n) is 19.9. The van der Waals surface area contributed by atoms with E-state index in [1.807, 2.05) is 36.4 Å². The molecule has 2 amide bonds. The van der Waals surface area contributed by atoms with Crippen LogP contribution in [-0.2, 0) is 53.8 Å². The average molecular weight is 995 g/mol. The number of nitrogens with zero attached hydrogens (tertiary/aromatic N) is 8. The molecule has 6 aromatic rings. The van der Waals surface area contributed by atoms with Crippen molar-refractivity contribution in [2.45, 2.75) is 38.4 Å². The summed E-state index contributed by atoms with van der Waals surface area (Å²) in [6.45, 7) is 1.47. The number of anilines is 4. The number of nitrogens with one attached hydrogen (secondary N) is 2. The van der Waals surface area contributed by atoms with E-state index >= 15 is 8.78 Å². The number of carbonyl (C=O) groups is 2. The van der Waals surface area contributed by atoms with Gasteiger partial charge < -0.3 is 47.9 Å². The number of fused-ring (bicyclic) bond motifs is 2. The Morgan fingerprint density at radius 2 is 1.07 bits per heavy atom. The summed E-state index contributed by atoms with van der Waals surface area (Å²) in [6, 6.07) is 20.2. The van der Waals surface area contributed by atoms with Gasteiger partial charge in [-0.15, -0.1) is 10.2 Å². The molecule has 0 bridgehead atoms. The molecule has 0 saturated carbocycles. The van der Waals surface area contributed by atoms with E-state index in [-0.39, 0.29) is 83.6 Å². The monoisotopic (exact) mass is 994 g/mol. The Bertz CT molecular complexity index is 2710. The van der Waals surface area contributed by atoms with Crippen LogP contribution in [0.15, 0.2) is 85.2 Å². The Morgan fingerprint density at radius 1 is 0.647 bits per heavy atom. The van der Waals surface area contributed by atoms with Crippen molar-refractivity contribution in [1.82, 2.24) is 30.8 Å². The van der Waals surface area contributed by atoms with Crippen molar-refractivity contribution in [2.24, 2.45) is 0 Å². The molecule has 22 nitrogen and oxygen atoms in total. The molecule has 4 aromatic carbocycles. The Balaban J connectivity index is 0.000000196. The number of phosphoric acid groups is 2. The van der Waals surface area contributed by atoms with Gasteiger partial charge in [0.25, 0.3) is 0 Å². The normalized spacial score (nSPS) is 17.5. The zero-order valence-electron chi connectivity index (χ0n) is 36.1. The van der Waals surface area contributed by atoms with Gasteiger partial charge in [-0.25, -0.2) is 22.9 Å². The zero-order chi connectivity index (χ0) is 46.3. The van der Waals surface area contributed by atoms with E-state index in [1.165, 1.54) is 17.0 Å². The molecular formula is C40H36F2N10Na2O12P2. The molecule has 28 heteroatoms. The minimum Gasteiger partial charge on any atom is -0.790 e. The molecule has 2 saturated heterocycles. The number of halogens is 2. The second-order valence-corrected chi connectivity index (χ2v) is 17.8. The third kappa shape index (κ3) is 11.9. The largest absolute Gasteiger partial charge is 1.00 e. The summed E-state index contributed by atoms with van der Waals surface area (Å²) in [5, 5.41) is 21.0. The molecule has 0 aliphatic carbocycles. The third-order valence-corrected chi connectivity index (χ3v) is 12.0. The summed E-state index contributed by atoms with van der Waals surface area (Å²) in [4.78, 5) is 69.6. The first-order chi connectivity index (χ1) is 31.5. The van der Waals surface area contributed by atoms with E-state index in [1.54, 1.807) is 36.7 Å². The topological polar surface area (TPSA) is 288 Å². The minimum atomic E-state index is -5.18. The number of aromatic amines is 2. The van der Waals surface area contributed by atoms with E-state index in [9.17, 15) is 28.5 Å². The van der Waals surface area contributed by atoms with Crippen LogP contribution in [0.5, 0.6) is 0 Å². The maximum absolute atomic E-state index is 15.0. The Morgan fingerprint density at radius 3 is 1.46 bits per heavy atom. The Kier molecular flexibility index (Phi) is 15.9. The quantitative estimate of drug-likeness (QED) is 0.0753. The fourth-order valence-corrected chi connectivity index (χ4v) is 8.66. The van der Waals surface area contributed by atoms with Gasteiger partial charge in [-0.1, -0.05) is 24.3 Å². The molecule has 10 rings (SSSR count). The van der Waals surface area contributed by atoms with Crippen LogP contribution >= 0.6 is 15.6 Å². The van der Waals surface area contributed by atoms with Gasteiger partial charge in [-0.05, 0) is 81.9 Å². The Hall–Kier alpha value is -4.62. The molecule has 0 unspecified atom stereocenters. The number of hydrogen-bond donors (Lipinski definition) is 4. The summed E-state index contributed by atoms with van der Waals surface area (Å²) in [7, 11) is -9.87. The number of hydrogen-bond acceptors (Lipinski definition) is 16. The standard InChI is InChI=1S/2C20H19FN5O6P.2Na/c2*21-18-6-15(26-10-16(32-20(26)27)11-31-33(28,29)30)3-4-17(18)12-1-2-13-8-25(9-14(13)5-12)19-7-22-24-23-19;;/h2*1-7,16H,8-11H2,(H,22,23,24)(H2,28,29,30);;/q;;2*+1/p-2/t2*16-;;/m11../s1. The molecule has 2 aromatic heterocycles. The van der Waals surface area contributed by atoms with Gasteiger partial charge in [-0.3, -0.25) is 14.3 Å². The predicted molar refractivity (Wildman–Crippen MR) is 223 cm³/mol. The molecule has 4 aliphatic rings. The van der Waals surface area contributed by atoms with Crippen LogP contribution in [-0.4, -0.2) is 91.3 Å². The maximum Gasteiger partial charge on any atom is 1.00 e. The smallest absolute Gasteiger partial charge is 0.790 e. The van der Waals surface area contributed by atoms with Gasteiger partial charge >= 0.3 is 79.1 Å². The molecule has 344 valence electrons. The summed E-state index contributed by atoms with van der Waals surface area (Å²) >= 11 is 0. The van der Waals surface area contributed by atoms with Crippen LogP contribution in [0, 0.1) is 11.6 Å². The average Bonchev–Trinajstić information content (AvgIpc) is 4.13. The Labute approximate surface area is 428 Å². The van der Waals surface area contributed by atoms with Crippen molar-refractivity contribution in [3.05, 3.63) is 119 Å². The van der Waals surface area contributed by atoms with Gasteiger partial charge in [0.05, 0.1) is 57.9 Å². The van der Waals surface area contributed by atoms with Crippen molar-refractivity contribution >= 4 is 50.8 Å². The third-order valence-electron chi connectivity index (χ3n) is 11.1. The molecule has 0 spiro atoms. The number of amides is 2. The summed E-state index contributed by atoms with van der Waals surface area (Å²) in [6.07, 6.45) is -0.0687. The maximum atomic E-state index is 15.0. The zero-order valence-corrected chi connectivity index (χ0v) is 41.9. The second kappa shape index (κ2) is 21.2. The van der Waals surface area contributed by atoms with Crippen molar-refractivity contribution in [1.29, 1.82) is 0 Å². The van der Waals surface area contributed by atoms with Crippen LogP contribution in [0.3, 0.4) is 0 Å². The molecule has 68 heavy (non-hydrogen) atoms. The molecule has 2 fully saturated rings. The van der Waals surface area contributed by atoms with Gasteiger partial charge in [0.1, 0.15) is 23.8 Å². The number of aromatic nitrogens is 6. The number of phosphoric ester groups is 2. The molecule has 2 atom stereocenters. The fourth-order valence-electron chi connectivity index (χ4n) is 7.95. The van der Waals surface area contributed by atoms with E-state index in [2.05, 4.69) is 49.7 Å². The van der Waals surface area contributed by atoms with E-state index in [0.717, 1.165) is 38.8 Å². The van der Waals surface area contributed by atoms with Gasteiger partial charge in [0, 0.05) is 37.3 Å². The van der Waals surface area contributed by atoms with Gasteiger partial charge in [0.15, 0.2) is 11.6 Å². The van der Waals surface area contributed by atoms with Gasteiger partial charge in [-0.2, -0.15) is 20.6 Å². The summed E-state index contributed by atoms with van der Waals surface area (Å²) in [5.41, 5.74) is 7.04. The van der Waals surface area contributed by atoms with Crippen LogP contribution in [0.1, 0.15) is 22.3 Å². The second-order valence-electron chi connectivity index (χ2n) is 15.4. The fraction of sp³-hybridized carbons (Fsp3) is 0.250. The number of rotatable bonds is 12.